The van der Waals surface area contributed by atoms with E-state index >= 15 is 0 Å². The summed E-state index contributed by atoms with van der Waals surface area (Å²) in [4.78, 5) is 0. The SMILES string of the molecule is B[C@@H]1O[C@@]2(COC)C(OC)[C@@H]1NC2(C)C. The smallest absolute Gasteiger partial charge is 0.141 e. The minimum atomic E-state index is -0.361. The van der Waals surface area contributed by atoms with Gasteiger partial charge < -0.3 is 19.5 Å². The van der Waals surface area contributed by atoms with Gasteiger partial charge >= 0.3 is 0 Å². The lowest BCUT2D eigenvalue weighted by molar-refractivity contribution is -0.150. The summed E-state index contributed by atoms with van der Waals surface area (Å²) in [6, 6.07) is 0.443. The number of hydrogen-bond acceptors (Lipinski definition) is 4. The van der Waals surface area contributed by atoms with Crippen LogP contribution in [0.2, 0.25) is 0 Å². The normalized spacial score (nSPS) is 47.3. The Kier molecular flexibility index (Phi) is 2.62. The lowest BCUT2D eigenvalue weighted by Crippen LogP contribution is -2.62. The molecular formula is C10H20BNO3. The maximum Gasteiger partial charge on any atom is 0.141 e. The highest BCUT2D eigenvalue weighted by atomic mass is 16.6. The summed E-state index contributed by atoms with van der Waals surface area (Å²) in [5.74, 6) is 0. The molecule has 4 atom stereocenters. The lowest BCUT2D eigenvalue weighted by Gasteiger charge is -2.43. The zero-order valence-electron chi connectivity index (χ0n) is 10.2. The summed E-state index contributed by atoms with van der Waals surface area (Å²) < 4.78 is 17.0. The van der Waals surface area contributed by atoms with E-state index < -0.39 is 0 Å². The molecule has 0 aromatic rings. The van der Waals surface area contributed by atoms with Crippen molar-refractivity contribution in [2.45, 2.75) is 43.1 Å². The number of nitrogens with one attached hydrogen (secondary N) is 1. The van der Waals surface area contributed by atoms with Crippen LogP contribution in [0.1, 0.15) is 13.8 Å². The van der Waals surface area contributed by atoms with Crippen LogP contribution >= 0.6 is 0 Å². The first-order valence-electron chi connectivity index (χ1n) is 5.46. The average Bonchev–Trinajstić information content (AvgIpc) is 2.51. The fourth-order valence-electron chi connectivity index (χ4n) is 3.09. The van der Waals surface area contributed by atoms with Gasteiger partial charge in [0.1, 0.15) is 19.6 Å². The van der Waals surface area contributed by atoms with E-state index in [1.807, 2.05) is 0 Å². The van der Waals surface area contributed by atoms with Crippen LogP contribution in [0.3, 0.4) is 0 Å². The van der Waals surface area contributed by atoms with Crippen molar-refractivity contribution >= 4 is 7.85 Å². The Morgan fingerprint density at radius 1 is 1.40 bits per heavy atom. The van der Waals surface area contributed by atoms with Gasteiger partial charge in [-0.15, -0.1) is 0 Å². The van der Waals surface area contributed by atoms with Gasteiger partial charge in [0.2, 0.25) is 0 Å². The van der Waals surface area contributed by atoms with Crippen LogP contribution in [0.25, 0.3) is 0 Å². The Morgan fingerprint density at radius 3 is 2.60 bits per heavy atom. The second-order valence-corrected chi connectivity index (χ2v) is 5.10. The van der Waals surface area contributed by atoms with Crippen molar-refractivity contribution in [3.8, 4) is 0 Å². The van der Waals surface area contributed by atoms with E-state index in [1.165, 1.54) is 0 Å². The molecule has 0 aromatic heterocycles. The van der Waals surface area contributed by atoms with Crippen LogP contribution < -0.4 is 5.32 Å². The Bertz CT molecular complexity index is 261. The van der Waals surface area contributed by atoms with Crippen molar-refractivity contribution in [1.29, 1.82) is 0 Å². The van der Waals surface area contributed by atoms with E-state index in [9.17, 15) is 0 Å². The third kappa shape index (κ3) is 1.30. The van der Waals surface area contributed by atoms with Gasteiger partial charge in [0.15, 0.2) is 0 Å². The molecule has 1 N–H and O–H groups in total. The molecule has 0 aromatic carbocycles. The maximum absolute atomic E-state index is 6.09. The largest absolute Gasteiger partial charge is 0.382 e. The molecule has 2 fully saturated rings. The fourth-order valence-corrected chi connectivity index (χ4v) is 3.09. The van der Waals surface area contributed by atoms with Gasteiger partial charge in [-0.05, 0) is 13.8 Å². The van der Waals surface area contributed by atoms with Gasteiger partial charge in [0.25, 0.3) is 0 Å². The van der Waals surface area contributed by atoms with E-state index in [0.717, 1.165) is 0 Å². The summed E-state index contributed by atoms with van der Waals surface area (Å²) in [5.41, 5.74) is -0.471. The molecule has 1 unspecified atom stereocenters. The minimum absolute atomic E-state index is 0.0717. The third-order valence-electron chi connectivity index (χ3n) is 3.89. The van der Waals surface area contributed by atoms with E-state index in [1.54, 1.807) is 14.2 Å². The van der Waals surface area contributed by atoms with Crippen LogP contribution in [-0.2, 0) is 14.2 Å². The molecule has 0 aliphatic carbocycles. The van der Waals surface area contributed by atoms with Crippen molar-refractivity contribution in [1.82, 2.24) is 5.32 Å². The molecule has 5 heteroatoms. The average molecular weight is 213 g/mol. The molecule has 4 nitrogen and oxygen atoms in total. The highest BCUT2D eigenvalue weighted by Crippen LogP contribution is 2.46. The van der Waals surface area contributed by atoms with Crippen molar-refractivity contribution in [2.24, 2.45) is 0 Å². The quantitative estimate of drug-likeness (QED) is 0.618. The Balaban J connectivity index is 2.35. The summed E-state index contributed by atoms with van der Waals surface area (Å²) >= 11 is 0. The van der Waals surface area contributed by atoms with Crippen LogP contribution in [0.15, 0.2) is 0 Å². The van der Waals surface area contributed by atoms with Gasteiger partial charge in [-0.25, -0.2) is 0 Å². The van der Waals surface area contributed by atoms with E-state index in [2.05, 4.69) is 27.0 Å². The van der Waals surface area contributed by atoms with Crippen LogP contribution in [0.4, 0.5) is 0 Å². The van der Waals surface area contributed by atoms with Gasteiger partial charge in [-0.1, -0.05) is 0 Å². The van der Waals surface area contributed by atoms with Gasteiger partial charge in [0.05, 0.1) is 12.6 Å². The van der Waals surface area contributed by atoms with Crippen molar-refractivity contribution in [3.63, 3.8) is 0 Å². The first kappa shape index (κ1) is 11.4. The highest BCUT2D eigenvalue weighted by Gasteiger charge is 2.68. The number of hydrogen-bond donors (Lipinski definition) is 1. The first-order valence-corrected chi connectivity index (χ1v) is 5.46. The Hall–Kier alpha value is -0.0951. The van der Waals surface area contributed by atoms with Gasteiger partial charge in [-0.3, -0.25) is 0 Å². The molecule has 2 heterocycles. The molecular weight excluding hydrogens is 193 g/mol. The summed E-state index contributed by atoms with van der Waals surface area (Å²) in [6.45, 7) is 4.85. The van der Waals surface area contributed by atoms with E-state index in [-0.39, 0.29) is 29.3 Å². The van der Waals surface area contributed by atoms with E-state index in [0.29, 0.717) is 6.61 Å². The third-order valence-corrected chi connectivity index (χ3v) is 3.89. The second-order valence-electron chi connectivity index (χ2n) is 5.10. The molecule has 2 aliphatic rings. The van der Waals surface area contributed by atoms with Crippen LogP contribution in [0, 0.1) is 0 Å². The number of fused-ring (bicyclic) bond motifs is 2. The highest BCUT2D eigenvalue weighted by molar-refractivity contribution is 6.12. The van der Waals surface area contributed by atoms with Crippen LogP contribution in [0.5, 0.6) is 0 Å². The molecule has 0 amide bonds. The topological polar surface area (TPSA) is 39.7 Å². The van der Waals surface area contributed by atoms with Crippen molar-refractivity contribution in [3.05, 3.63) is 0 Å². The molecule has 86 valence electrons. The zero-order valence-corrected chi connectivity index (χ0v) is 10.2. The molecule has 2 saturated heterocycles. The summed E-state index contributed by atoms with van der Waals surface area (Å²) in [6.07, 6.45) is 0.0717. The molecule has 2 rings (SSSR count). The predicted octanol–water partition coefficient (Wildman–Crippen LogP) is -0.874. The molecule has 2 aliphatic heterocycles. The molecule has 0 saturated carbocycles. The number of rotatable bonds is 3. The molecule has 0 radical (unpaired) electrons. The predicted molar refractivity (Wildman–Crippen MR) is 59.8 cm³/mol. The van der Waals surface area contributed by atoms with E-state index in [4.69, 9.17) is 14.2 Å². The molecule has 0 spiro atoms. The maximum atomic E-state index is 6.09. The monoisotopic (exact) mass is 213 g/mol. The Labute approximate surface area is 92.1 Å². The van der Waals surface area contributed by atoms with Crippen LogP contribution in [-0.4, -0.2) is 58.0 Å². The second kappa shape index (κ2) is 3.45. The standard InChI is InChI=1S/C10H20BNO3/c1-9(2)10(5-13-3)7(14-4)6(12-9)8(11)15-10/h6-8,12H,5,11H2,1-4H3/t6-,7?,8+,10-/m0/s1. The van der Waals surface area contributed by atoms with Gasteiger partial charge in [0, 0.05) is 25.8 Å². The van der Waals surface area contributed by atoms with Gasteiger partial charge in [-0.2, -0.15) is 0 Å². The lowest BCUT2D eigenvalue weighted by atomic mass is 9.83. The summed E-state index contributed by atoms with van der Waals surface area (Å²) in [5, 5.41) is 3.58. The molecule has 2 bridgehead atoms. The summed E-state index contributed by atoms with van der Waals surface area (Å²) in [7, 11) is 5.53. The first-order chi connectivity index (χ1) is 6.98. The van der Waals surface area contributed by atoms with Crippen molar-refractivity contribution < 1.29 is 14.2 Å². The zero-order chi connectivity index (χ0) is 11.3. The van der Waals surface area contributed by atoms with Crippen molar-refractivity contribution in [2.75, 3.05) is 20.8 Å². The Morgan fingerprint density at radius 2 is 2.07 bits per heavy atom. The minimum Gasteiger partial charge on any atom is -0.382 e. The number of ether oxygens (including phenoxy) is 3. The molecule has 15 heavy (non-hydrogen) atoms. The number of methoxy groups -OCH3 is 2. The number of morpholine rings is 1. The fraction of sp³-hybridized carbons (Fsp3) is 1.00.